The van der Waals surface area contributed by atoms with Gasteiger partial charge in [0.15, 0.2) is 0 Å². The van der Waals surface area contributed by atoms with Gasteiger partial charge in [-0.05, 0) is 33.1 Å². The highest BCUT2D eigenvalue weighted by molar-refractivity contribution is 5.81. The quantitative estimate of drug-likeness (QED) is 0.674. The Hall–Kier alpha value is -1.26. The van der Waals surface area contributed by atoms with Gasteiger partial charge in [0.1, 0.15) is 6.04 Å². The first kappa shape index (κ1) is 12.8. The minimum atomic E-state index is -0.481. The van der Waals surface area contributed by atoms with E-state index in [0.29, 0.717) is 13.0 Å². The molecule has 1 heterocycles. The van der Waals surface area contributed by atoms with Crippen LogP contribution in [0, 0.1) is 0 Å². The first-order valence-corrected chi connectivity index (χ1v) is 5.61. The van der Waals surface area contributed by atoms with E-state index in [0.717, 1.165) is 12.8 Å². The Kier molecular flexibility index (Phi) is 4.58. The van der Waals surface area contributed by atoms with Crippen molar-refractivity contribution in [3.8, 4) is 0 Å². The topological polar surface area (TPSA) is 55.8 Å². The summed E-state index contributed by atoms with van der Waals surface area (Å²) < 4.78 is 9.78. The second-order valence-corrected chi connectivity index (χ2v) is 4.16. The van der Waals surface area contributed by atoms with Gasteiger partial charge in [0.2, 0.25) is 0 Å². The van der Waals surface area contributed by atoms with Crippen LogP contribution in [0.1, 0.15) is 33.1 Å². The molecule has 0 bridgehead atoms. The molecular formula is C11H19NO4. The van der Waals surface area contributed by atoms with Gasteiger partial charge in [0.25, 0.3) is 0 Å². The average molecular weight is 229 g/mol. The number of ether oxygens (including phenoxy) is 2. The van der Waals surface area contributed by atoms with E-state index >= 15 is 0 Å². The van der Waals surface area contributed by atoms with Gasteiger partial charge in [-0.3, -0.25) is 4.90 Å². The normalized spacial score (nSPS) is 20.8. The van der Waals surface area contributed by atoms with E-state index in [1.165, 1.54) is 12.0 Å². The van der Waals surface area contributed by atoms with Crippen molar-refractivity contribution in [1.82, 2.24) is 4.90 Å². The van der Waals surface area contributed by atoms with E-state index in [9.17, 15) is 9.59 Å². The van der Waals surface area contributed by atoms with Crippen molar-refractivity contribution in [2.75, 3.05) is 13.7 Å². The predicted octanol–water partition coefficient (Wildman–Crippen LogP) is 1.56. The summed E-state index contributed by atoms with van der Waals surface area (Å²) in [7, 11) is 1.34. The molecule has 16 heavy (non-hydrogen) atoms. The Morgan fingerprint density at radius 1 is 1.31 bits per heavy atom. The standard InChI is InChI=1S/C11H19NO4/c1-8(2)16-11(14)12-7-5-4-6-9(12)10(13)15-3/h8-9H,4-7H2,1-3H3. The number of esters is 1. The van der Waals surface area contributed by atoms with Crippen LogP contribution in [0.2, 0.25) is 0 Å². The monoisotopic (exact) mass is 229 g/mol. The molecule has 0 saturated carbocycles. The maximum atomic E-state index is 11.7. The van der Waals surface area contributed by atoms with Gasteiger partial charge in [0, 0.05) is 6.54 Å². The van der Waals surface area contributed by atoms with Crippen LogP contribution in [-0.2, 0) is 14.3 Å². The van der Waals surface area contributed by atoms with Gasteiger partial charge >= 0.3 is 12.1 Å². The van der Waals surface area contributed by atoms with Crippen molar-refractivity contribution in [2.45, 2.75) is 45.3 Å². The lowest BCUT2D eigenvalue weighted by molar-refractivity contribution is -0.147. The molecule has 1 aliphatic heterocycles. The molecule has 0 N–H and O–H groups in total. The minimum absolute atomic E-state index is 0.173. The molecule has 1 amide bonds. The van der Waals surface area contributed by atoms with Gasteiger partial charge in [-0.15, -0.1) is 0 Å². The fraction of sp³-hybridized carbons (Fsp3) is 0.818. The van der Waals surface area contributed by atoms with Crippen LogP contribution in [0.3, 0.4) is 0 Å². The van der Waals surface area contributed by atoms with Crippen LogP contribution in [0.4, 0.5) is 4.79 Å². The Labute approximate surface area is 95.7 Å². The van der Waals surface area contributed by atoms with Gasteiger partial charge < -0.3 is 9.47 Å². The number of carbonyl (C=O) groups excluding carboxylic acids is 2. The maximum absolute atomic E-state index is 11.7. The summed E-state index contributed by atoms with van der Waals surface area (Å²) in [6.07, 6.45) is 1.89. The molecule has 92 valence electrons. The van der Waals surface area contributed by atoms with Gasteiger partial charge in [0.05, 0.1) is 13.2 Å². The third-order valence-electron chi connectivity index (χ3n) is 2.55. The first-order chi connectivity index (χ1) is 7.56. The molecule has 1 unspecified atom stereocenters. The lowest BCUT2D eigenvalue weighted by Gasteiger charge is -2.33. The van der Waals surface area contributed by atoms with Crippen LogP contribution in [0.5, 0.6) is 0 Å². The third kappa shape index (κ3) is 3.12. The first-order valence-electron chi connectivity index (χ1n) is 5.61. The van der Waals surface area contributed by atoms with Crippen molar-refractivity contribution in [2.24, 2.45) is 0 Å². The number of methoxy groups -OCH3 is 1. The second-order valence-electron chi connectivity index (χ2n) is 4.16. The predicted molar refractivity (Wildman–Crippen MR) is 58.0 cm³/mol. The number of carbonyl (C=O) groups is 2. The molecule has 0 aromatic carbocycles. The van der Waals surface area contributed by atoms with Crippen LogP contribution < -0.4 is 0 Å². The molecule has 1 fully saturated rings. The van der Waals surface area contributed by atoms with E-state index in [-0.39, 0.29) is 12.1 Å². The Morgan fingerprint density at radius 3 is 2.56 bits per heavy atom. The Balaban J connectivity index is 2.66. The summed E-state index contributed by atoms with van der Waals surface area (Å²) >= 11 is 0. The van der Waals surface area contributed by atoms with Crippen LogP contribution in [-0.4, -0.2) is 42.8 Å². The highest BCUT2D eigenvalue weighted by Gasteiger charge is 2.34. The van der Waals surface area contributed by atoms with Gasteiger partial charge in [-0.2, -0.15) is 0 Å². The fourth-order valence-corrected chi connectivity index (χ4v) is 1.80. The lowest BCUT2D eigenvalue weighted by Crippen LogP contribution is -2.49. The molecule has 1 saturated heterocycles. The van der Waals surface area contributed by atoms with Crippen molar-refractivity contribution < 1.29 is 19.1 Å². The highest BCUT2D eigenvalue weighted by atomic mass is 16.6. The van der Waals surface area contributed by atoms with Crippen molar-refractivity contribution in [3.05, 3.63) is 0 Å². The second kappa shape index (κ2) is 5.72. The minimum Gasteiger partial charge on any atom is -0.467 e. The zero-order valence-electron chi connectivity index (χ0n) is 10.1. The van der Waals surface area contributed by atoms with Crippen LogP contribution >= 0.6 is 0 Å². The highest BCUT2D eigenvalue weighted by Crippen LogP contribution is 2.19. The van der Waals surface area contributed by atoms with E-state index in [4.69, 9.17) is 4.74 Å². The third-order valence-corrected chi connectivity index (χ3v) is 2.55. The molecule has 1 aliphatic rings. The van der Waals surface area contributed by atoms with Crippen LogP contribution in [0.25, 0.3) is 0 Å². The van der Waals surface area contributed by atoms with E-state index in [1.807, 2.05) is 0 Å². The molecule has 0 radical (unpaired) electrons. The summed E-state index contributed by atoms with van der Waals surface area (Å²) in [4.78, 5) is 24.7. The molecule has 0 spiro atoms. The Bertz CT molecular complexity index is 265. The molecular weight excluding hydrogens is 210 g/mol. The summed E-state index contributed by atoms with van der Waals surface area (Å²) in [5.74, 6) is -0.361. The number of rotatable bonds is 2. The number of nitrogens with zero attached hydrogens (tertiary/aromatic N) is 1. The van der Waals surface area contributed by atoms with E-state index in [2.05, 4.69) is 4.74 Å². The summed E-state index contributed by atoms with van der Waals surface area (Å²) in [5.41, 5.74) is 0. The number of hydrogen-bond acceptors (Lipinski definition) is 4. The smallest absolute Gasteiger partial charge is 0.410 e. The molecule has 5 nitrogen and oxygen atoms in total. The number of likely N-dealkylation sites (tertiary alicyclic amines) is 1. The van der Waals surface area contributed by atoms with E-state index < -0.39 is 12.1 Å². The summed E-state index contributed by atoms with van der Waals surface area (Å²) in [6.45, 7) is 4.13. The molecule has 5 heteroatoms. The zero-order valence-corrected chi connectivity index (χ0v) is 10.1. The largest absolute Gasteiger partial charge is 0.467 e. The molecule has 0 aromatic rings. The van der Waals surface area contributed by atoms with E-state index in [1.54, 1.807) is 13.8 Å². The molecule has 1 rings (SSSR count). The van der Waals surface area contributed by atoms with Crippen molar-refractivity contribution >= 4 is 12.1 Å². The maximum Gasteiger partial charge on any atom is 0.410 e. The fourth-order valence-electron chi connectivity index (χ4n) is 1.80. The lowest BCUT2D eigenvalue weighted by atomic mass is 10.0. The van der Waals surface area contributed by atoms with Gasteiger partial charge in [-0.25, -0.2) is 9.59 Å². The van der Waals surface area contributed by atoms with Crippen molar-refractivity contribution in [1.29, 1.82) is 0 Å². The van der Waals surface area contributed by atoms with Gasteiger partial charge in [-0.1, -0.05) is 0 Å². The SMILES string of the molecule is COC(=O)C1CCCCN1C(=O)OC(C)C. The number of amides is 1. The van der Waals surface area contributed by atoms with Crippen molar-refractivity contribution in [3.63, 3.8) is 0 Å². The number of piperidine rings is 1. The summed E-state index contributed by atoms with van der Waals surface area (Å²) in [5, 5.41) is 0. The average Bonchev–Trinajstić information content (AvgIpc) is 2.27. The zero-order chi connectivity index (χ0) is 12.1. The van der Waals surface area contributed by atoms with Crippen LogP contribution in [0.15, 0.2) is 0 Å². The summed E-state index contributed by atoms with van der Waals surface area (Å²) in [6, 6.07) is -0.481. The molecule has 0 aromatic heterocycles. The number of hydrogen-bond donors (Lipinski definition) is 0. The molecule has 0 aliphatic carbocycles. The Morgan fingerprint density at radius 2 is 2.00 bits per heavy atom. The molecule has 1 atom stereocenters.